The summed E-state index contributed by atoms with van der Waals surface area (Å²) in [7, 11) is 0. The lowest BCUT2D eigenvalue weighted by Crippen LogP contribution is -2.58. The molecule has 0 radical (unpaired) electrons. The van der Waals surface area contributed by atoms with Crippen LogP contribution >= 0.6 is 0 Å². The summed E-state index contributed by atoms with van der Waals surface area (Å²) in [5, 5.41) is 13.6. The maximum absolute atomic E-state index is 12.2. The van der Waals surface area contributed by atoms with Crippen LogP contribution in [-0.4, -0.2) is 47.8 Å². The Morgan fingerprint density at radius 1 is 1.23 bits per heavy atom. The largest absolute Gasteiger partial charge is 0.459 e. The average molecular weight is 365 g/mol. The number of carbonyl (C=O) groups is 2. The Balaban J connectivity index is 1.76. The number of rotatable bonds is 1. The molecule has 0 aliphatic carbocycles. The van der Waals surface area contributed by atoms with Crippen LogP contribution in [0.3, 0.4) is 0 Å². The molecule has 3 aliphatic heterocycles. The van der Waals surface area contributed by atoms with Crippen LogP contribution in [0.4, 0.5) is 4.79 Å². The molecule has 7 nitrogen and oxygen atoms in total. The second kappa shape index (κ2) is 8.22. The molecule has 0 aromatic heterocycles. The van der Waals surface area contributed by atoms with Crippen LogP contribution in [0.5, 0.6) is 0 Å². The number of ether oxygens (including phenoxy) is 3. The van der Waals surface area contributed by atoms with Crippen molar-refractivity contribution >= 4 is 12.1 Å². The van der Waals surface area contributed by atoms with Gasteiger partial charge in [-0.25, -0.2) is 9.59 Å². The third-order valence-corrected chi connectivity index (χ3v) is 5.05. The summed E-state index contributed by atoms with van der Waals surface area (Å²) in [5.74, 6) is -2.01. The summed E-state index contributed by atoms with van der Waals surface area (Å²) in [6.45, 7) is 1.94. The van der Waals surface area contributed by atoms with E-state index in [1.165, 1.54) is 6.08 Å². The van der Waals surface area contributed by atoms with Gasteiger partial charge in [-0.3, -0.25) is 0 Å². The highest BCUT2D eigenvalue weighted by molar-refractivity contribution is 5.82. The van der Waals surface area contributed by atoms with E-state index in [4.69, 9.17) is 14.2 Å². The van der Waals surface area contributed by atoms with Crippen LogP contribution in [0.15, 0.2) is 23.8 Å². The molecule has 3 aliphatic rings. The van der Waals surface area contributed by atoms with Crippen molar-refractivity contribution in [3.8, 4) is 0 Å². The van der Waals surface area contributed by atoms with Crippen LogP contribution in [0.25, 0.3) is 0 Å². The maximum Gasteiger partial charge on any atom is 0.407 e. The third kappa shape index (κ3) is 4.86. The molecule has 0 saturated carbocycles. The number of aliphatic hydroxyl groups is 1. The van der Waals surface area contributed by atoms with Gasteiger partial charge in [0.05, 0.1) is 6.10 Å². The highest BCUT2D eigenvalue weighted by atomic mass is 16.6. The minimum Gasteiger partial charge on any atom is -0.459 e. The van der Waals surface area contributed by atoms with Gasteiger partial charge in [0.1, 0.15) is 18.8 Å². The van der Waals surface area contributed by atoms with Crippen molar-refractivity contribution in [2.45, 2.75) is 75.9 Å². The number of cyclic esters (lactones) is 1. The van der Waals surface area contributed by atoms with E-state index in [2.05, 4.69) is 17.5 Å². The molecule has 2 fully saturated rings. The normalized spacial score (nSPS) is 36.4. The van der Waals surface area contributed by atoms with Crippen molar-refractivity contribution in [1.82, 2.24) is 5.32 Å². The lowest BCUT2D eigenvalue weighted by Gasteiger charge is -2.43. The standard InChI is InChI=1S/C19H27NO6/c1-13-7-5-3-2-4-6-8-14-10-15(25-17(21)9-13)11-19(23,26-14)16-12-24-18(22)20-16/h2-3,9,14-16,23H,4-8,10-12H2,1H3,(H,20,22)/t14-,15-,16?,19-/m1/s1. The number of hydrogen-bond donors (Lipinski definition) is 2. The minimum absolute atomic E-state index is 0.0322. The second-order valence-corrected chi connectivity index (χ2v) is 7.31. The Hall–Kier alpha value is -1.86. The lowest BCUT2D eigenvalue weighted by atomic mass is 9.91. The SMILES string of the molecule is CC1=CC(=O)O[C@@H]2C[C@@H](CCCC=CCC1)O[C@@](O)(C1COC(=O)N1)C2. The van der Waals surface area contributed by atoms with Gasteiger partial charge in [-0.1, -0.05) is 17.7 Å². The van der Waals surface area contributed by atoms with Crippen molar-refractivity contribution in [2.75, 3.05) is 6.61 Å². The molecule has 3 rings (SSSR count). The van der Waals surface area contributed by atoms with Gasteiger partial charge in [0.15, 0.2) is 5.79 Å². The zero-order valence-electron chi connectivity index (χ0n) is 15.1. The Kier molecular flexibility index (Phi) is 5.98. The fourth-order valence-electron chi connectivity index (χ4n) is 3.69. The van der Waals surface area contributed by atoms with Crippen LogP contribution in [0.1, 0.15) is 51.9 Å². The summed E-state index contributed by atoms with van der Waals surface area (Å²) in [4.78, 5) is 23.6. The fourth-order valence-corrected chi connectivity index (χ4v) is 3.69. The van der Waals surface area contributed by atoms with Crippen molar-refractivity contribution in [2.24, 2.45) is 0 Å². The first kappa shape index (κ1) is 18.9. The Labute approximate surface area is 153 Å². The lowest BCUT2D eigenvalue weighted by molar-refractivity contribution is -0.286. The smallest absolute Gasteiger partial charge is 0.407 e. The number of hydrogen-bond acceptors (Lipinski definition) is 6. The molecule has 144 valence electrons. The van der Waals surface area contributed by atoms with Crippen molar-refractivity contribution in [3.63, 3.8) is 0 Å². The number of carbonyl (C=O) groups excluding carboxylic acids is 2. The molecular weight excluding hydrogens is 338 g/mol. The number of alkyl carbamates (subject to hydrolysis) is 1. The van der Waals surface area contributed by atoms with Gasteiger partial charge in [0, 0.05) is 18.9 Å². The van der Waals surface area contributed by atoms with Crippen molar-refractivity contribution in [3.05, 3.63) is 23.8 Å². The van der Waals surface area contributed by atoms with Gasteiger partial charge in [-0.2, -0.15) is 0 Å². The molecule has 26 heavy (non-hydrogen) atoms. The monoisotopic (exact) mass is 365 g/mol. The molecule has 0 aromatic carbocycles. The van der Waals surface area contributed by atoms with E-state index in [1.807, 2.05) is 6.92 Å². The van der Waals surface area contributed by atoms with Gasteiger partial charge < -0.3 is 24.6 Å². The highest BCUT2D eigenvalue weighted by Gasteiger charge is 2.50. The molecular formula is C19H27NO6. The van der Waals surface area contributed by atoms with E-state index >= 15 is 0 Å². The van der Waals surface area contributed by atoms with E-state index in [0.717, 1.165) is 37.7 Å². The molecule has 3 heterocycles. The number of esters is 1. The van der Waals surface area contributed by atoms with E-state index in [9.17, 15) is 14.7 Å². The summed E-state index contributed by atoms with van der Waals surface area (Å²) in [6.07, 6.45) is 9.47. The van der Waals surface area contributed by atoms with Gasteiger partial charge in [-0.15, -0.1) is 0 Å². The molecule has 2 N–H and O–H groups in total. The van der Waals surface area contributed by atoms with Gasteiger partial charge >= 0.3 is 12.1 Å². The molecule has 1 unspecified atom stereocenters. The summed E-state index contributed by atoms with van der Waals surface area (Å²) < 4.78 is 16.4. The molecule has 0 spiro atoms. The number of amides is 1. The predicted octanol–water partition coefficient (Wildman–Crippen LogP) is 2.34. The quantitative estimate of drug-likeness (QED) is 0.547. The second-order valence-electron chi connectivity index (χ2n) is 7.31. The molecule has 0 aromatic rings. The summed E-state index contributed by atoms with van der Waals surface area (Å²) in [6, 6.07) is -0.671. The first-order chi connectivity index (χ1) is 12.4. The van der Waals surface area contributed by atoms with Gasteiger partial charge in [0.25, 0.3) is 0 Å². The van der Waals surface area contributed by atoms with E-state index in [1.54, 1.807) is 0 Å². The zero-order chi connectivity index (χ0) is 18.6. The average Bonchev–Trinajstić information content (AvgIpc) is 3.00. The first-order valence-electron chi connectivity index (χ1n) is 9.31. The van der Waals surface area contributed by atoms with Crippen molar-refractivity contribution < 1.29 is 28.9 Å². The summed E-state index contributed by atoms with van der Waals surface area (Å²) in [5.41, 5.74) is 0.965. The van der Waals surface area contributed by atoms with Gasteiger partial charge in [-0.05, 0) is 39.0 Å². The highest BCUT2D eigenvalue weighted by Crippen LogP contribution is 2.35. The Morgan fingerprint density at radius 2 is 2.04 bits per heavy atom. The van der Waals surface area contributed by atoms with Crippen LogP contribution < -0.4 is 5.32 Å². The van der Waals surface area contributed by atoms with Crippen LogP contribution in [-0.2, 0) is 19.0 Å². The molecule has 2 bridgehead atoms. The predicted molar refractivity (Wildman–Crippen MR) is 93.2 cm³/mol. The topological polar surface area (TPSA) is 94.1 Å². The summed E-state index contributed by atoms with van der Waals surface area (Å²) >= 11 is 0. The molecule has 4 atom stereocenters. The van der Waals surface area contributed by atoms with E-state index in [-0.39, 0.29) is 19.1 Å². The number of allylic oxidation sites excluding steroid dienone is 3. The van der Waals surface area contributed by atoms with E-state index in [0.29, 0.717) is 6.42 Å². The zero-order valence-corrected chi connectivity index (χ0v) is 15.1. The minimum atomic E-state index is -1.61. The maximum atomic E-state index is 12.2. The van der Waals surface area contributed by atoms with Crippen LogP contribution in [0, 0.1) is 0 Å². The Morgan fingerprint density at radius 3 is 2.81 bits per heavy atom. The van der Waals surface area contributed by atoms with E-state index < -0.39 is 30.0 Å². The van der Waals surface area contributed by atoms with Crippen LogP contribution in [0.2, 0.25) is 0 Å². The number of nitrogens with one attached hydrogen (secondary N) is 1. The first-order valence-corrected chi connectivity index (χ1v) is 9.31. The fraction of sp³-hybridized carbons (Fsp3) is 0.684. The molecule has 1 amide bonds. The van der Waals surface area contributed by atoms with Crippen molar-refractivity contribution in [1.29, 1.82) is 0 Å². The molecule has 7 heteroatoms. The number of fused-ring (bicyclic) bond motifs is 2. The third-order valence-electron chi connectivity index (χ3n) is 5.05. The van der Waals surface area contributed by atoms with Gasteiger partial charge in [0.2, 0.25) is 0 Å². The Bertz CT molecular complexity index is 601. The molecule has 2 saturated heterocycles.